The van der Waals surface area contributed by atoms with Crippen LogP contribution in [0, 0.1) is 11.8 Å². The predicted octanol–water partition coefficient (Wildman–Crippen LogP) is 1.88. The molecule has 1 heterocycles. The van der Waals surface area contributed by atoms with Gasteiger partial charge in [0.1, 0.15) is 5.69 Å². The molecule has 21 heavy (non-hydrogen) atoms. The van der Waals surface area contributed by atoms with Crippen LogP contribution in [0.1, 0.15) is 21.6 Å². The Bertz CT molecular complexity index is 841. The molecule has 0 bridgehead atoms. The zero-order valence-electron chi connectivity index (χ0n) is 11.4. The molecular weight excluding hydrogens is 286 g/mol. The zero-order valence-corrected chi connectivity index (χ0v) is 12.2. The fourth-order valence-corrected chi connectivity index (χ4v) is 2.63. The molecule has 0 aliphatic rings. The van der Waals surface area contributed by atoms with E-state index in [-0.39, 0.29) is 5.69 Å². The van der Waals surface area contributed by atoms with Crippen LogP contribution in [0.2, 0.25) is 0 Å². The highest BCUT2D eigenvalue weighted by Crippen LogP contribution is 2.14. The minimum atomic E-state index is -2.35. The summed E-state index contributed by atoms with van der Waals surface area (Å²) in [4.78, 5) is 15.1. The van der Waals surface area contributed by atoms with Crippen LogP contribution in [-0.2, 0) is 9.52 Å². The molecule has 1 aromatic carbocycles. The van der Waals surface area contributed by atoms with Crippen molar-refractivity contribution in [1.82, 2.24) is 4.98 Å². The Hall–Kier alpha value is -2.58. The molecule has 106 valence electrons. The minimum Gasteiger partial charge on any atom is -0.477 e. The molecule has 1 aromatic heterocycles. The summed E-state index contributed by atoms with van der Waals surface area (Å²) in [7, 11) is -2.35. The summed E-state index contributed by atoms with van der Waals surface area (Å²) in [5.41, 5.74) is 1.19. The molecule has 2 aromatic rings. The van der Waals surface area contributed by atoms with E-state index in [9.17, 15) is 9.00 Å². The molecule has 0 saturated carbocycles. The SMILES string of the molecule is C=S(C)(=O)c1ccccc1C#Cc1ccc(C(=O)O)nc1. The fourth-order valence-electron chi connectivity index (χ4n) is 1.68. The lowest BCUT2D eigenvalue weighted by Crippen LogP contribution is -2.00. The third-order valence-electron chi connectivity index (χ3n) is 2.68. The number of hydrogen-bond donors (Lipinski definition) is 1. The third kappa shape index (κ3) is 3.71. The van der Waals surface area contributed by atoms with Crippen LogP contribution in [0.25, 0.3) is 0 Å². The molecule has 0 aliphatic carbocycles. The fraction of sp³-hybridized carbons (Fsp3) is 0.0625. The molecule has 2 rings (SSSR count). The molecule has 0 radical (unpaired) electrons. The van der Waals surface area contributed by atoms with E-state index in [0.29, 0.717) is 16.0 Å². The number of hydrogen-bond acceptors (Lipinski definition) is 3. The Morgan fingerprint density at radius 2 is 1.95 bits per heavy atom. The van der Waals surface area contributed by atoms with Crippen LogP contribution in [0.3, 0.4) is 0 Å². The lowest BCUT2D eigenvalue weighted by Gasteiger charge is -2.04. The van der Waals surface area contributed by atoms with Crippen molar-refractivity contribution in [2.24, 2.45) is 0 Å². The predicted molar refractivity (Wildman–Crippen MR) is 83.1 cm³/mol. The van der Waals surface area contributed by atoms with E-state index in [0.717, 1.165) is 0 Å². The number of aromatic carboxylic acids is 1. The van der Waals surface area contributed by atoms with Crippen LogP contribution in [-0.4, -0.2) is 32.4 Å². The molecule has 0 saturated heterocycles. The van der Waals surface area contributed by atoms with Crippen molar-refractivity contribution in [3.8, 4) is 11.8 Å². The molecule has 1 N–H and O–H groups in total. The monoisotopic (exact) mass is 299 g/mol. The smallest absolute Gasteiger partial charge is 0.354 e. The van der Waals surface area contributed by atoms with Crippen molar-refractivity contribution < 1.29 is 14.1 Å². The number of carboxylic acids is 1. The maximum Gasteiger partial charge on any atom is 0.354 e. The second-order valence-electron chi connectivity index (χ2n) is 4.49. The largest absolute Gasteiger partial charge is 0.477 e. The van der Waals surface area contributed by atoms with Gasteiger partial charge in [-0.15, -0.1) is 0 Å². The number of pyridine rings is 1. The highest BCUT2D eigenvalue weighted by atomic mass is 32.2. The maximum absolute atomic E-state index is 12.1. The minimum absolute atomic E-state index is 0.0321. The van der Waals surface area contributed by atoms with Crippen LogP contribution in [0.4, 0.5) is 0 Å². The standard InChI is InChI=1S/C16H13NO3S/c1-21(2,20)15-6-4-3-5-13(15)9-7-12-8-10-14(16(18)19)17-11-12/h3-6,8,10-11H,1H2,2H3,(H,18,19). The highest BCUT2D eigenvalue weighted by Gasteiger charge is 2.05. The van der Waals surface area contributed by atoms with Gasteiger partial charge in [0.15, 0.2) is 0 Å². The van der Waals surface area contributed by atoms with Crippen LogP contribution in [0.5, 0.6) is 0 Å². The average molecular weight is 299 g/mol. The van der Waals surface area contributed by atoms with E-state index in [1.54, 1.807) is 30.5 Å². The van der Waals surface area contributed by atoms with Crippen molar-refractivity contribution in [3.63, 3.8) is 0 Å². The van der Waals surface area contributed by atoms with E-state index >= 15 is 0 Å². The molecule has 1 atom stereocenters. The van der Waals surface area contributed by atoms with Crippen molar-refractivity contribution in [2.75, 3.05) is 6.26 Å². The number of carboxylic acid groups (broad SMARTS) is 1. The Balaban J connectivity index is 2.38. The first-order chi connectivity index (χ1) is 9.88. The van der Waals surface area contributed by atoms with Gasteiger partial charge in [-0.05, 0) is 39.7 Å². The Labute approximate surface area is 123 Å². The van der Waals surface area contributed by atoms with Crippen molar-refractivity contribution in [2.45, 2.75) is 4.90 Å². The maximum atomic E-state index is 12.1. The van der Waals surface area contributed by atoms with Gasteiger partial charge >= 0.3 is 5.97 Å². The molecule has 0 aliphatic heterocycles. The van der Waals surface area contributed by atoms with Gasteiger partial charge in [0.05, 0.1) is 0 Å². The van der Waals surface area contributed by atoms with Gasteiger partial charge in [-0.25, -0.2) is 9.78 Å². The van der Waals surface area contributed by atoms with Gasteiger partial charge in [-0.1, -0.05) is 24.0 Å². The van der Waals surface area contributed by atoms with E-state index < -0.39 is 15.5 Å². The summed E-state index contributed by atoms with van der Waals surface area (Å²) in [6.45, 7) is 0. The van der Waals surface area contributed by atoms with E-state index in [4.69, 9.17) is 5.11 Å². The zero-order chi connectivity index (χ0) is 15.5. The normalized spacial score (nSPS) is 12.8. The second kappa shape index (κ2) is 5.81. The van der Waals surface area contributed by atoms with E-state index in [2.05, 4.69) is 22.7 Å². The van der Waals surface area contributed by atoms with Gasteiger partial charge < -0.3 is 5.11 Å². The lowest BCUT2D eigenvalue weighted by molar-refractivity contribution is 0.0690. The summed E-state index contributed by atoms with van der Waals surface area (Å²) in [5.74, 6) is 8.40. The summed E-state index contributed by atoms with van der Waals surface area (Å²) in [5, 5.41) is 8.77. The molecule has 0 fully saturated rings. The molecule has 4 nitrogen and oxygen atoms in total. The van der Waals surface area contributed by atoms with E-state index in [1.165, 1.54) is 12.3 Å². The van der Waals surface area contributed by atoms with Crippen molar-refractivity contribution in [1.29, 1.82) is 0 Å². The average Bonchev–Trinajstić information content (AvgIpc) is 2.45. The Morgan fingerprint density at radius 1 is 1.24 bits per heavy atom. The van der Waals surface area contributed by atoms with Crippen LogP contribution in [0.15, 0.2) is 47.5 Å². The first kappa shape index (κ1) is 14.8. The van der Waals surface area contributed by atoms with E-state index in [1.807, 2.05) is 6.07 Å². The summed E-state index contributed by atoms with van der Waals surface area (Å²) >= 11 is 0. The summed E-state index contributed by atoms with van der Waals surface area (Å²) in [6.07, 6.45) is 2.96. The topological polar surface area (TPSA) is 67.3 Å². The first-order valence-electron chi connectivity index (χ1n) is 6.00. The summed E-state index contributed by atoms with van der Waals surface area (Å²) in [6, 6.07) is 10.1. The van der Waals surface area contributed by atoms with Gasteiger partial charge in [-0.3, -0.25) is 4.21 Å². The van der Waals surface area contributed by atoms with Crippen molar-refractivity contribution in [3.05, 3.63) is 59.4 Å². The highest BCUT2D eigenvalue weighted by molar-refractivity contribution is 7.99. The molecular formula is C16H13NO3S. The molecule has 1 unspecified atom stereocenters. The van der Waals surface area contributed by atoms with Gasteiger partial charge in [0, 0.05) is 28.5 Å². The number of carbonyl (C=O) groups is 1. The molecule has 0 spiro atoms. The Kier molecular flexibility index (Phi) is 4.10. The lowest BCUT2D eigenvalue weighted by atomic mass is 10.2. The van der Waals surface area contributed by atoms with Crippen LogP contribution >= 0.6 is 0 Å². The quantitative estimate of drug-likeness (QED) is 0.679. The van der Waals surface area contributed by atoms with Crippen LogP contribution < -0.4 is 0 Å². The van der Waals surface area contributed by atoms with Gasteiger partial charge in [-0.2, -0.15) is 0 Å². The number of rotatable bonds is 2. The van der Waals surface area contributed by atoms with Gasteiger partial charge in [0.25, 0.3) is 0 Å². The first-order valence-corrected chi connectivity index (χ1v) is 8.14. The van der Waals surface area contributed by atoms with Crippen molar-refractivity contribution >= 4 is 21.4 Å². The summed E-state index contributed by atoms with van der Waals surface area (Å²) < 4.78 is 12.1. The molecule has 0 amide bonds. The number of aromatic nitrogens is 1. The Morgan fingerprint density at radius 3 is 2.52 bits per heavy atom. The second-order valence-corrected chi connectivity index (χ2v) is 6.94. The third-order valence-corrected chi connectivity index (χ3v) is 3.96. The number of benzene rings is 1. The number of nitrogens with zero attached hydrogens (tertiary/aromatic N) is 1. The molecule has 5 heteroatoms. The van der Waals surface area contributed by atoms with Gasteiger partial charge in [0.2, 0.25) is 0 Å².